The van der Waals surface area contributed by atoms with Gasteiger partial charge in [0.25, 0.3) is 0 Å². The molecule has 0 saturated heterocycles. The Balaban J connectivity index is 2.30. The zero-order valence-corrected chi connectivity index (χ0v) is 12.6. The molecule has 0 radical (unpaired) electrons. The van der Waals surface area contributed by atoms with Gasteiger partial charge in [-0.3, -0.25) is 10.1 Å². The van der Waals surface area contributed by atoms with E-state index in [1.165, 1.54) is 6.07 Å². The minimum absolute atomic E-state index is 0.161. The predicted octanol–water partition coefficient (Wildman–Crippen LogP) is 4.80. The number of alkyl halides is 1. The summed E-state index contributed by atoms with van der Waals surface area (Å²) in [5, 5.41) is 10.5. The Morgan fingerprint density at radius 3 is 2.71 bits per heavy atom. The third-order valence-corrected chi connectivity index (χ3v) is 5.62. The fourth-order valence-corrected chi connectivity index (χ4v) is 3.54. The van der Waals surface area contributed by atoms with Crippen molar-refractivity contribution >= 4 is 49.1 Å². The lowest BCUT2D eigenvalue weighted by Gasteiger charge is -2.01. The van der Waals surface area contributed by atoms with E-state index >= 15 is 0 Å². The number of nitro groups is 1. The molecular weight excluding hydrogens is 374 g/mol. The molecule has 0 fully saturated rings. The van der Waals surface area contributed by atoms with Crippen LogP contribution in [0.4, 0.5) is 5.88 Å². The Kier molecular flexibility index (Phi) is 3.70. The average Bonchev–Trinajstić information content (AvgIpc) is 2.86. The molecule has 17 heavy (non-hydrogen) atoms. The van der Waals surface area contributed by atoms with E-state index in [0.29, 0.717) is 5.76 Å². The summed E-state index contributed by atoms with van der Waals surface area (Å²) >= 11 is 8.50. The number of hydrogen-bond donors (Lipinski definition) is 0. The number of thiophene rings is 1. The smallest absolute Gasteiger partial charge is 0.404 e. The average molecular weight is 381 g/mol. The normalized spacial score (nSPS) is 12.6. The number of halogens is 2. The Labute approximate surface area is 118 Å². The highest BCUT2D eigenvalue weighted by molar-refractivity contribution is 9.11. The molecule has 2 aromatic heterocycles. The number of furan rings is 1. The minimum atomic E-state index is -0.543. The van der Waals surface area contributed by atoms with Crippen LogP contribution >= 0.6 is 43.2 Å². The van der Waals surface area contributed by atoms with Crippen LogP contribution in [0, 0.1) is 17.0 Å². The van der Waals surface area contributed by atoms with Gasteiger partial charge in [-0.1, -0.05) is 15.9 Å². The molecule has 0 saturated carbocycles. The highest BCUT2D eigenvalue weighted by Crippen LogP contribution is 2.40. The quantitative estimate of drug-likeness (QED) is 0.436. The fourth-order valence-electron chi connectivity index (χ4n) is 1.33. The van der Waals surface area contributed by atoms with Crippen LogP contribution in [0.2, 0.25) is 0 Å². The van der Waals surface area contributed by atoms with Crippen molar-refractivity contribution in [2.24, 2.45) is 0 Å². The summed E-state index contributed by atoms with van der Waals surface area (Å²) in [7, 11) is 0. The maximum Gasteiger partial charge on any atom is 0.433 e. The second-order valence-corrected chi connectivity index (χ2v) is 6.72. The van der Waals surface area contributed by atoms with Crippen LogP contribution in [0.1, 0.15) is 21.0 Å². The predicted molar refractivity (Wildman–Crippen MR) is 72.9 cm³/mol. The van der Waals surface area contributed by atoms with E-state index < -0.39 is 4.92 Å². The van der Waals surface area contributed by atoms with Gasteiger partial charge in [0, 0.05) is 4.88 Å². The van der Waals surface area contributed by atoms with E-state index in [2.05, 4.69) is 31.9 Å². The van der Waals surface area contributed by atoms with Gasteiger partial charge in [0.15, 0.2) is 0 Å². The summed E-state index contributed by atoms with van der Waals surface area (Å²) in [4.78, 5) is 10.9. The van der Waals surface area contributed by atoms with Crippen LogP contribution < -0.4 is 0 Å². The molecule has 2 aromatic rings. The van der Waals surface area contributed by atoms with Gasteiger partial charge >= 0.3 is 5.88 Å². The van der Waals surface area contributed by atoms with Crippen molar-refractivity contribution in [2.75, 3.05) is 0 Å². The van der Waals surface area contributed by atoms with E-state index in [4.69, 9.17) is 4.42 Å². The summed E-state index contributed by atoms with van der Waals surface area (Å²) in [5.74, 6) is 0.294. The van der Waals surface area contributed by atoms with Gasteiger partial charge in [0.05, 0.1) is 9.85 Å². The van der Waals surface area contributed by atoms with Crippen molar-refractivity contribution in [1.82, 2.24) is 0 Å². The topological polar surface area (TPSA) is 56.3 Å². The van der Waals surface area contributed by atoms with Gasteiger partial charge in [-0.2, -0.15) is 0 Å². The Bertz CT molecular complexity index is 544. The molecule has 1 atom stereocenters. The summed E-state index contributed by atoms with van der Waals surface area (Å²) in [5.41, 5.74) is 1.13. The number of nitrogens with zero attached hydrogens (tertiary/aromatic N) is 1. The number of hydrogen-bond acceptors (Lipinski definition) is 4. The van der Waals surface area contributed by atoms with Gasteiger partial charge in [0.2, 0.25) is 0 Å². The van der Waals surface area contributed by atoms with Crippen molar-refractivity contribution < 1.29 is 9.34 Å². The summed E-state index contributed by atoms with van der Waals surface area (Å²) in [6.07, 6.45) is 0. The van der Waals surface area contributed by atoms with E-state index in [1.54, 1.807) is 17.4 Å². The second kappa shape index (κ2) is 4.91. The van der Waals surface area contributed by atoms with E-state index in [-0.39, 0.29) is 10.7 Å². The van der Waals surface area contributed by atoms with Gasteiger partial charge in [-0.05, 0) is 40.5 Å². The molecule has 0 N–H and O–H groups in total. The molecule has 0 aliphatic rings. The molecule has 0 amide bonds. The molecule has 0 bridgehead atoms. The zero-order valence-electron chi connectivity index (χ0n) is 8.65. The van der Waals surface area contributed by atoms with Gasteiger partial charge in [-0.15, -0.1) is 11.3 Å². The first-order chi connectivity index (χ1) is 7.99. The van der Waals surface area contributed by atoms with Gasteiger partial charge < -0.3 is 4.42 Å². The molecule has 7 heteroatoms. The summed E-state index contributed by atoms with van der Waals surface area (Å²) in [6, 6.07) is 4.99. The van der Waals surface area contributed by atoms with Crippen LogP contribution in [0.3, 0.4) is 0 Å². The van der Waals surface area contributed by atoms with Gasteiger partial charge in [-0.25, -0.2) is 0 Å². The minimum Gasteiger partial charge on any atom is -0.404 e. The lowest BCUT2D eigenvalue weighted by atomic mass is 10.2. The molecule has 4 nitrogen and oxygen atoms in total. The largest absolute Gasteiger partial charge is 0.433 e. The summed E-state index contributed by atoms with van der Waals surface area (Å²) in [6.45, 7) is 1.99. The van der Waals surface area contributed by atoms with E-state index in [9.17, 15) is 10.1 Å². The SMILES string of the molecule is Cc1cc(C(Br)c2ccc([N+](=O)[O-])o2)sc1Br. The highest BCUT2D eigenvalue weighted by Gasteiger charge is 2.21. The van der Waals surface area contributed by atoms with Crippen molar-refractivity contribution in [3.8, 4) is 0 Å². The van der Waals surface area contributed by atoms with E-state index in [1.807, 2.05) is 13.0 Å². The molecule has 2 rings (SSSR count). The lowest BCUT2D eigenvalue weighted by Crippen LogP contribution is -1.87. The lowest BCUT2D eigenvalue weighted by molar-refractivity contribution is -0.402. The monoisotopic (exact) mass is 379 g/mol. The highest BCUT2D eigenvalue weighted by atomic mass is 79.9. The molecule has 2 heterocycles. The third-order valence-electron chi connectivity index (χ3n) is 2.17. The first-order valence-electron chi connectivity index (χ1n) is 4.63. The maximum atomic E-state index is 10.5. The first-order valence-corrected chi connectivity index (χ1v) is 7.15. The molecule has 0 aliphatic heterocycles. The Morgan fingerprint density at radius 1 is 1.53 bits per heavy atom. The molecular formula is C10H7Br2NO3S. The zero-order chi connectivity index (χ0) is 12.6. The molecule has 90 valence electrons. The molecule has 0 aliphatic carbocycles. The third kappa shape index (κ3) is 2.61. The van der Waals surface area contributed by atoms with Crippen LogP contribution in [-0.2, 0) is 0 Å². The van der Waals surface area contributed by atoms with E-state index in [0.717, 1.165) is 14.2 Å². The van der Waals surface area contributed by atoms with Crippen molar-refractivity contribution in [3.63, 3.8) is 0 Å². The van der Waals surface area contributed by atoms with Crippen molar-refractivity contribution in [2.45, 2.75) is 11.8 Å². The fraction of sp³-hybridized carbons (Fsp3) is 0.200. The molecule has 0 spiro atoms. The maximum absolute atomic E-state index is 10.5. The Morgan fingerprint density at radius 2 is 2.24 bits per heavy atom. The Hall–Kier alpha value is -0.660. The molecule has 1 unspecified atom stereocenters. The first kappa shape index (κ1) is 12.8. The standard InChI is InChI=1S/C10H7Br2NO3S/c1-5-4-7(17-10(5)12)9(11)6-2-3-8(16-6)13(14)15/h2-4,9H,1H3. The second-order valence-electron chi connectivity index (χ2n) is 3.40. The number of rotatable bonds is 3. The van der Waals surface area contributed by atoms with Crippen LogP contribution in [0.5, 0.6) is 0 Å². The number of aryl methyl sites for hydroxylation is 1. The van der Waals surface area contributed by atoms with Crippen molar-refractivity contribution in [3.05, 3.63) is 48.3 Å². The summed E-state index contributed by atoms with van der Waals surface area (Å²) < 4.78 is 6.21. The molecule has 0 aromatic carbocycles. The van der Waals surface area contributed by atoms with Crippen LogP contribution in [-0.4, -0.2) is 4.92 Å². The van der Waals surface area contributed by atoms with Crippen LogP contribution in [0.15, 0.2) is 26.4 Å². The van der Waals surface area contributed by atoms with Crippen LogP contribution in [0.25, 0.3) is 0 Å². The van der Waals surface area contributed by atoms with Crippen molar-refractivity contribution in [1.29, 1.82) is 0 Å². The van der Waals surface area contributed by atoms with Gasteiger partial charge in [0.1, 0.15) is 15.5 Å².